The molecule has 0 unspecified atom stereocenters. The molecule has 0 aliphatic heterocycles. The number of aryl methyl sites for hydroxylation is 1. The van der Waals surface area contributed by atoms with E-state index in [1.54, 1.807) is 25.1 Å². The van der Waals surface area contributed by atoms with E-state index in [0.717, 1.165) is 5.56 Å². The normalized spacial score (nSPS) is 11.0. The van der Waals surface area contributed by atoms with Gasteiger partial charge in [-0.1, -0.05) is 12.1 Å². The molecule has 19 heavy (non-hydrogen) atoms. The quantitative estimate of drug-likeness (QED) is 0.516. The van der Waals surface area contributed by atoms with Crippen LogP contribution in [0.5, 0.6) is 5.75 Å². The van der Waals surface area contributed by atoms with Gasteiger partial charge in [-0.15, -0.1) is 0 Å². The number of nitrogens with two attached hydrogens (primary N) is 1. The Morgan fingerprint density at radius 2 is 2.05 bits per heavy atom. The molecule has 3 aromatic rings. The van der Waals surface area contributed by atoms with Gasteiger partial charge in [0.25, 0.3) is 5.56 Å². The molecule has 1 aromatic carbocycles. The summed E-state index contributed by atoms with van der Waals surface area (Å²) in [5.74, 6) is 0.635. The molecule has 0 radical (unpaired) electrons. The Labute approximate surface area is 107 Å². The van der Waals surface area contributed by atoms with E-state index < -0.39 is 0 Å². The van der Waals surface area contributed by atoms with Crippen molar-refractivity contribution in [3.05, 3.63) is 34.1 Å². The van der Waals surface area contributed by atoms with Gasteiger partial charge in [-0.3, -0.25) is 9.78 Å². The number of hydrogen-bond acceptors (Lipinski definition) is 5. The Bertz CT molecular complexity index is 834. The monoisotopic (exact) mass is 257 g/mol. The number of anilines is 1. The average molecular weight is 257 g/mol. The van der Waals surface area contributed by atoms with Gasteiger partial charge in [-0.2, -0.15) is 4.98 Å². The second-order valence-corrected chi connectivity index (χ2v) is 4.24. The molecule has 7 heteroatoms. The summed E-state index contributed by atoms with van der Waals surface area (Å²) in [5, 5.41) is 9.69. The zero-order valence-electron chi connectivity index (χ0n) is 10.1. The molecule has 0 fully saturated rings. The van der Waals surface area contributed by atoms with E-state index in [2.05, 4.69) is 19.9 Å². The fourth-order valence-electron chi connectivity index (χ4n) is 1.82. The SMILES string of the molecule is Cc1ccc(-c2nc3nc(N)[nH]c(=O)c3[nH]2)cc1O. The standard InChI is InChI=1S/C12H11N5O2/c1-5-2-3-6(4-7(5)18)9-14-8-10(15-9)16-12(13)17-11(8)19/h2-4,18H,1H3,(H4,13,14,15,16,17,19). The van der Waals surface area contributed by atoms with Crippen LogP contribution in [0.4, 0.5) is 5.95 Å². The topological polar surface area (TPSA) is 121 Å². The number of hydrogen-bond donors (Lipinski definition) is 4. The van der Waals surface area contributed by atoms with Crippen LogP contribution in [0.3, 0.4) is 0 Å². The summed E-state index contributed by atoms with van der Waals surface area (Å²) in [5.41, 5.74) is 7.01. The molecular weight excluding hydrogens is 246 g/mol. The van der Waals surface area contributed by atoms with Crippen LogP contribution in [-0.4, -0.2) is 25.0 Å². The maximum Gasteiger partial charge on any atom is 0.278 e. The van der Waals surface area contributed by atoms with Gasteiger partial charge in [-0.05, 0) is 18.6 Å². The summed E-state index contributed by atoms with van der Waals surface area (Å²) in [4.78, 5) is 25.1. The van der Waals surface area contributed by atoms with E-state index in [-0.39, 0.29) is 28.4 Å². The van der Waals surface area contributed by atoms with Gasteiger partial charge in [0, 0.05) is 5.56 Å². The maximum atomic E-state index is 11.7. The van der Waals surface area contributed by atoms with Crippen molar-refractivity contribution in [1.29, 1.82) is 0 Å². The zero-order valence-corrected chi connectivity index (χ0v) is 10.1. The molecule has 0 bridgehead atoms. The van der Waals surface area contributed by atoms with Gasteiger partial charge in [0.2, 0.25) is 5.95 Å². The highest BCUT2D eigenvalue weighted by atomic mass is 16.3. The van der Waals surface area contributed by atoms with Crippen molar-refractivity contribution < 1.29 is 5.11 Å². The van der Waals surface area contributed by atoms with Crippen LogP contribution in [0.15, 0.2) is 23.0 Å². The van der Waals surface area contributed by atoms with Crippen molar-refractivity contribution in [1.82, 2.24) is 19.9 Å². The molecule has 3 rings (SSSR count). The average Bonchev–Trinajstić information content (AvgIpc) is 2.76. The number of H-pyrrole nitrogens is 2. The Kier molecular flexibility index (Phi) is 2.28. The lowest BCUT2D eigenvalue weighted by molar-refractivity contribution is 0.471. The highest BCUT2D eigenvalue weighted by Crippen LogP contribution is 2.24. The number of aromatic hydroxyl groups is 1. The second-order valence-electron chi connectivity index (χ2n) is 4.24. The number of nitrogens with one attached hydrogen (secondary N) is 2. The number of benzene rings is 1. The van der Waals surface area contributed by atoms with Crippen LogP contribution in [0.1, 0.15) is 5.56 Å². The predicted molar refractivity (Wildman–Crippen MR) is 70.8 cm³/mol. The molecule has 7 nitrogen and oxygen atoms in total. The molecule has 2 heterocycles. The fourth-order valence-corrected chi connectivity index (χ4v) is 1.82. The zero-order chi connectivity index (χ0) is 13.6. The molecule has 96 valence electrons. The highest BCUT2D eigenvalue weighted by Gasteiger charge is 2.11. The molecule has 0 spiro atoms. The number of nitrogens with zero attached hydrogens (tertiary/aromatic N) is 2. The van der Waals surface area contributed by atoms with Gasteiger partial charge < -0.3 is 15.8 Å². The molecule has 0 saturated carbocycles. The van der Waals surface area contributed by atoms with E-state index in [1.165, 1.54) is 0 Å². The minimum Gasteiger partial charge on any atom is -0.508 e. The molecule has 5 N–H and O–H groups in total. The van der Waals surface area contributed by atoms with Gasteiger partial charge >= 0.3 is 0 Å². The first kappa shape index (κ1) is 11.3. The van der Waals surface area contributed by atoms with Crippen LogP contribution >= 0.6 is 0 Å². The first-order valence-corrected chi connectivity index (χ1v) is 5.60. The van der Waals surface area contributed by atoms with Crippen LogP contribution in [-0.2, 0) is 0 Å². The van der Waals surface area contributed by atoms with Gasteiger partial charge in [0.05, 0.1) is 0 Å². The fraction of sp³-hybridized carbons (Fsp3) is 0.0833. The van der Waals surface area contributed by atoms with Crippen LogP contribution in [0.25, 0.3) is 22.6 Å². The third-order valence-electron chi connectivity index (χ3n) is 2.86. The lowest BCUT2D eigenvalue weighted by Gasteiger charge is -2.00. The van der Waals surface area contributed by atoms with Crippen LogP contribution in [0.2, 0.25) is 0 Å². The molecular formula is C12H11N5O2. The Balaban J connectivity index is 2.23. The minimum absolute atomic E-state index is 0.0160. The first-order valence-electron chi connectivity index (χ1n) is 5.60. The Hall–Kier alpha value is -2.83. The van der Waals surface area contributed by atoms with Crippen molar-refractivity contribution >= 4 is 17.1 Å². The molecule has 2 aromatic heterocycles. The summed E-state index contributed by atoms with van der Waals surface area (Å²) in [6.45, 7) is 1.80. The van der Waals surface area contributed by atoms with Crippen LogP contribution < -0.4 is 11.3 Å². The summed E-state index contributed by atoms with van der Waals surface area (Å²) in [6, 6.07) is 5.14. The molecule has 0 amide bonds. The van der Waals surface area contributed by atoms with Crippen molar-refractivity contribution in [3.63, 3.8) is 0 Å². The molecule has 0 aliphatic rings. The van der Waals surface area contributed by atoms with Crippen molar-refractivity contribution in [2.45, 2.75) is 6.92 Å². The van der Waals surface area contributed by atoms with E-state index >= 15 is 0 Å². The number of phenolic OH excluding ortho intramolecular Hbond substituents is 1. The largest absolute Gasteiger partial charge is 0.508 e. The second kappa shape index (κ2) is 3.84. The Morgan fingerprint density at radius 1 is 1.26 bits per heavy atom. The highest BCUT2D eigenvalue weighted by molar-refractivity contribution is 5.76. The first-order chi connectivity index (χ1) is 9.04. The lowest BCUT2D eigenvalue weighted by Crippen LogP contribution is -2.10. The van der Waals surface area contributed by atoms with E-state index in [0.29, 0.717) is 11.4 Å². The number of rotatable bonds is 1. The third-order valence-corrected chi connectivity index (χ3v) is 2.86. The smallest absolute Gasteiger partial charge is 0.278 e. The number of nitrogen functional groups attached to an aromatic ring is 1. The summed E-state index contributed by atoms with van der Waals surface area (Å²) in [6.07, 6.45) is 0. The van der Waals surface area contributed by atoms with Gasteiger partial charge in [0.1, 0.15) is 11.6 Å². The van der Waals surface area contributed by atoms with Gasteiger partial charge in [-0.25, -0.2) is 4.98 Å². The third kappa shape index (κ3) is 1.81. The van der Waals surface area contributed by atoms with Crippen molar-refractivity contribution in [2.24, 2.45) is 0 Å². The van der Waals surface area contributed by atoms with Crippen molar-refractivity contribution in [3.8, 4) is 17.1 Å². The summed E-state index contributed by atoms with van der Waals surface area (Å²) >= 11 is 0. The molecule has 0 aliphatic carbocycles. The number of imidazole rings is 1. The molecule has 0 atom stereocenters. The van der Waals surface area contributed by atoms with E-state index in [1.807, 2.05) is 0 Å². The number of aromatic amines is 2. The predicted octanol–water partition coefficient (Wildman–Crippen LogP) is 0.909. The lowest BCUT2D eigenvalue weighted by atomic mass is 10.1. The van der Waals surface area contributed by atoms with Crippen LogP contribution in [0, 0.1) is 6.92 Å². The number of fused-ring (bicyclic) bond motifs is 1. The summed E-state index contributed by atoms with van der Waals surface area (Å²) < 4.78 is 0. The maximum absolute atomic E-state index is 11.7. The molecule has 0 saturated heterocycles. The minimum atomic E-state index is -0.377. The van der Waals surface area contributed by atoms with Crippen molar-refractivity contribution in [2.75, 3.05) is 5.73 Å². The number of phenols is 1. The Morgan fingerprint density at radius 3 is 2.79 bits per heavy atom. The van der Waals surface area contributed by atoms with E-state index in [9.17, 15) is 9.90 Å². The van der Waals surface area contributed by atoms with E-state index in [4.69, 9.17) is 5.73 Å². The number of aromatic nitrogens is 4. The summed E-state index contributed by atoms with van der Waals surface area (Å²) in [7, 11) is 0. The van der Waals surface area contributed by atoms with Gasteiger partial charge in [0.15, 0.2) is 11.2 Å².